The van der Waals surface area contributed by atoms with Crippen LogP contribution >= 0.6 is 11.3 Å². The zero-order valence-electron chi connectivity index (χ0n) is 13.7. The second-order valence-electron chi connectivity index (χ2n) is 6.06. The molecule has 0 atom stereocenters. The Balaban J connectivity index is 2.12. The third-order valence-electron chi connectivity index (χ3n) is 3.86. The summed E-state index contributed by atoms with van der Waals surface area (Å²) in [5, 5.41) is 0. The molecule has 0 radical (unpaired) electrons. The normalized spacial score (nSPS) is 19.2. The highest BCUT2D eigenvalue weighted by Crippen LogP contribution is 2.39. The van der Waals surface area contributed by atoms with Gasteiger partial charge >= 0.3 is 13.1 Å². The summed E-state index contributed by atoms with van der Waals surface area (Å²) in [5.74, 6) is 4.38. The molecule has 1 aliphatic rings. The van der Waals surface area contributed by atoms with Crippen LogP contribution in [0.3, 0.4) is 0 Å². The van der Waals surface area contributed by atoms with E-state index in [1.54, 1.807) is 12.1 Å². The predicted molar refractivity (Wildman–Crippen MR) is 88.4 cm³/mol. The van der Waals surface area contributed by atoms with Gasteiger partial charge in [-0.2, -0.15) is 0 Å². The van der Waals surface area contributed by atoms with Gasteiger partial charge in [-0.15, -0.1) is 11.3 Å². The molecule has 0 aliphatic carbocycles. The smallest absolute Gasteiger partial charge is 0.459 e. The van der Waals surface area contributed by atoms with Gasteiger partial charge in [0.1, 0.15) is 5.73 Å². The van der Waals surface area contributed by atoms with E-state index in [0.717, 1.165) is 0 Å². The topological polar surface area (TPSA) is 44.8 Å². The average Bonchev–Trinajstić information content (AvgIpc) is 2.98. The van der Waals surface area contributed by atoms with Gasteiger partial charge in [0.25, 0.3) is 0 Å². The van der Waals surface area contributed by atoms with Crippen molar-refractivity contribution in [1.29, 1.82) is 0 Å². The lowest BCUT2D eigenvalue weighted by Crippen LogP contribution is -2.41. The molecule has 0 bridgehead atoms. The number of methoxy groups -OCH3 is 1. The minimum absolute atomic E-state index is 0.502. The highest BCUT2D eigenvalue weighted by atomic mass is 32.1. The van der Waals surface area contributed by atoms with E-state index in [9.17, 15) is 9.18 Å². The Labute approximate surface area is 139 Å². The molecule has 1 aliphatic heterocycles. The summed E-state index contributed by atoms with van der Waals surface area (Å²) < 4.78 is 30.1. The molecule has 122 valence electrons. The summed E-state index contributed by atoms with van der Waals surface area (Å²) in [6.07, 6.45) is 1.36. The van der Waals surface area contributed by atoms with Crippen molar-refractivity contribution >= 4 is 30.5 Å². The fourth-order valence-electron chi connectivity index (χ4n) is 1.82. The summed E-state index contributed by atoms with van der Waals surface area (Å²) in [7, 11) is 0.242. The van der Waals surface area contributed by atoms with Gasteiger partial charge < -0.3 is 14.0 Å². The van der Waals surface area contributed by atoms with E-state index in [0.29, 0.717) is 9.75 Å². The molecule has 23 heavy (non-hydrogen) atoms. The number of hydrogen-bond acceptors (Lipinski definition) is 5. The van der Waals surface area contributed by atoms with Crippen LogP contribution in [0.15, 0.2) is 17.9 Å². The molecular weight excluding hydrogens is 318 g/mol. The van der Waals surface area contributed by atoms with Crippen molar-refractivity contribution in [3.05, 3.63) is 27.6 Å². The van der Waals surface area contributed by atoms with Crippen molar-refractivity contribution in [3.8, 4) is 11.8 Å². The number of carbonyl (C=O) groups excluding carboxylic acids is 1. The van der Waals surface area contributed by atoms with Crippen molar-refractivity contribution in [2.24, 2.45) is 0 Å². The van der Waals surface area contributed by atoms with Gasteiger partial charge in [-0.05, 0) is 51.8 Å². The number of ether oxygens (including phenoxy) is 1. The molecule has 1 fully saturated rings. The Morgan fingerprint density at radius 2 is 1.91 bits per heavy atom. The first kappa shape index (κ1) is 17.7. The van der Waals surface area contributed by atoms with Gasteiger partial charge in [-0.3, -0.25) is 0 Å². The number of thiophene rings is 1. The zero-order valence-corrected chi connectivity index (χ0v) is 14.5. The highest BCUT2D eigenvalue weighted by molar-refractivity contribution is 7.13. The summed E-state index contributed by atoms with van der Waals surface area (Å²) >= 11 is 1.26. The molecule has 1 aromatic rings. The molecule has 0 N–H and O–H groups in total. The van der Waals surface area contributed by atoms with E-state index in [1.807, 2.05) is 27.7 Å². The van der Waals surface area contributed by atoms with Gasteiger partial charge in [0.2, 0.25) is 0 Å². The molecule has 0 saturated carbocycles. The molecule has 2 heterocycles. The SMILES string of the molecule is COC(=O)C#Cc1ccc(C=C(F)B2OC(C)(C)C(C)(C)O2)s1. The maximum atomic E-state index is 14.4. The third-order valence-corrected chi connectivity index (χ3v) is 4.81. The molecule has 0 aromatic carbocycles. The molecule has 2 rings (SSSR count). The fraction of sp³-hybridized carbons (Fsp3) is 0.438. The molecule has 0 spiro atoms. The zero-order chi connectivity index (χ0) is 17.3. The maximum absolute atomic E-state index is 14.4. The Morgan fingerprint density at radius 1 is 1.30 bits per heavy atom. The second-order valence-corrected chi connectivity index (χ2v) is 7.18. The van der Waals surface area contributed by atoms with Crippen LogP contribution in [-0.2, 0) is 18.8 Å². The summed E-state index contributed by atoms with van der Waals surface area (Å²) in [5.41, 5.74) is -1.68. The fourth-order valence-corrected chi connectivity index (χ4v) is 2.62. The van der Waals surface area contributed by atoms with Crippen LogP contribution in [0.4, 0.5) is 4.39 Å². The number of esters is 1. The Hall–Kier alpha value is -1.62. The van der Waals surface area contributed by atoms with Crippen molar-refractivity contribution in [1.82, 2.24) is 0 Å². The van der Waals surface area contributed by atoms with Gasteiger partial charge in [-0.25, -0.2) is 9.18 Å². The summed E-state index contributed by atoms with van der Waals surface area (Å²) in [6, 6.07) is 3.43. The number of hydrogen-bond donors (Lipinski definition) is 0. The number of rotatable bonds is 2. The van der Waals surface area contributed by atoms with Crippen LogP contribution in [0, 0.1) is 11.8 Å². The van der Waals surface area contributed by atoms with E-state index >= 15 is 0 Å². The van der Waals surface area contributed by atoms with Crippen molar-refractivity contribution in [2.75, 3.05) is 7.11 Å². The molecule has 7 heteroatoms. The number of carbonyl (C=O) groups is 1. The van der Waals surface area contributed by atoms with E-state index in [-0.39, 0.29) is 0 Å². The Bertz CT molecular complexity index is 680. The van der Waals surface area contributed by atoms with Crippen molar-refractivity contribution in [2.45, 2.75) is 38.9 Å². The molecule has 1 aromatic heterocycles. The van der Waals surface area contributed by atoms with Crippen molar-refractivity contribution < 1.29 is 23.2 Å². The van der Waals surface area contributed by atoms with E-state index < -0.39 is 30.0 Å². The lowest BCUT2D eigenvalue weighted by molar-refractivity contribution is -0.133. The van der Waals surface area contributed by atoms with Crippen LogP contribution < -0.4 is 0 Å². The lowest BCUT2D eigenvalue weighted by Gasteiger charge is -2.32. The van der Waals surface area contributed by atoms with E-state index in [4.69, 9.17) is 9.31 Å². The van der Waals surface area contributed by atoms with Crippen LogP contribution in [-0.4, -0.2) is 31.4 Å². The quantitative estimate of drug-likeness (QED) is 0.473. The largest absolute Gasteiger partial charge is 0.525 e. The molecular formula is C16H18BFO4S. The Kier molecular flexibility index (Phi) is 5.00. The first-order valence-electron chi connectivity index (χ1n) is 7.07. The molecule has 4 nitrogen and oxygen atoms in total. The van der Waals surface area contributed by atoms with Crippen molar-refractivity contribution in [3.63, 3.8) is 0 Å². The van der Waals surface area contributed by atoms with Crippen LogP contribution in [0.25, 0.3) is 6.08 Å². The minimum Gasteiger partial charge on any atom is -0.459 e. The molecule has 0 amide bonds. The van der Waals surface area contributed by atoms with Gasteiger partial charge in [0, 0.05) is 10.8 Å². The third kappa shape index (κ3) is 4.02. The lowest BCUT2D eigenvalue weighted by atomic mass is 9.87. The summed E-state index contributed by atoms with van der Waals surface area (Å²) in [6.45, 7) is 7.47. The predicted octanol–water partition coefficient (Wildman–Crippen LogP) is 3.21. The van der Waals surface area contributed by atoms with E-state index in [1.165, 1.54) is 24.5 Å². The highest BCUT2D eigenvalue weighted by Gasteiger charge is 2.53. The first-order valence-corrected chi connectivity index (χ1v) is 7.89. The molecule has 1 saturated heterocycles. The Morgan fingerprint density at radius 3 is 2.48 bits per heavy atom. The minimum atomic E-state index is -1.02. The second kappa shape index (κ2) is 6.48. The van der Waals surface area contributed by atoms with E-state index in [2.05, 4.69) is 16.6 Å². The standard InChI is InChI=1S/C16H18BFO4S/c1-15(2)16(3,4)22-17(21-15)13(18)10-12-7-6-11(23-12)8-9-14(19)20-5/h6-7,10H,1-5H3. The van der Waals surface area contributed by atoms with Crippen LogP contribution in [0.1, 0.15) is 37.4 Å². The summed E-state index contributed by atoms with van der Waals surface area (Å²) in [4.78, 5) is 12.3. The maximum Gasteiger partial charge on any atom is 0.525 e. The van der Waals surface area contributed by atoms with Crippen LogP contribution in [0.5, 0.6) is 0 Å². The monoisotopic (exact) mass is 336 g/mol. The van der Waals surface area contributed by atoms with Gasteiger partial charge in [-0.1, -0.05) is 0 Å². The van der Waals surface area contributed by atoms with Crippen LogP contribution in [0.2, 0.25) is 0 Å². The molecule has 0 unspecified atom stereocenters. The first-order chi connectivity index (χ1) is 10.6. The average molecular weight is 336 g/mol. The number of halogens is 1. The van der Waals surface area contributed by atoms with Gasteiger partial charge in [0.05, 0.1) is 23.2 Å². The van der Waals surface area contributed by atoms with Gasteiger partial charge in [0.15, 0.2) is 0 Å².